The highest BCUT2D eigenvalue weighted by Crippen LogP contribution is 2.29. The van der Waals surface area contributed by atoms with Crippen LogP contribution in [0.15, 0.2) is 47.4 Å². The number of nitrogens with zero attached hydrogens (tertiary/aromatic N) is 5. The molecule has 0 unspecified atom stereocenters. The Labute approximate surface area is 171 Å². The van der Waals surface area contributed by atoms with Crippen LogP contribution >= 0.6 is 0 Å². The van der Waals surface area contributed by atoms with Crippen LogP contribution in [0.25, 0.3) is 27.8 Å². The van der Waals surface area contributed by atoms with Crippen molar-refractivity contribution in [1.29, 1.82) is 0 Å². The van der Waals surface area contributed by atoms with Crippen molar-refractivity contribution in [2.75, 3.05) is 7.11 Å². The van der Waals surface area contributed by atoms with Gasteiger partial charge in [0.1, 0.15) is 11.6 Å². The third kappa shape index (κ3) is 3.13. The molecule has 0 amide bonds. The van der Waals surface area contributed by atoms with Crippen molar-refractivity contribution in [2.45, 2.75) is 26.5 Å². The first-order valence-corrected chi connectivity index (χ1v) is 9.50. The molecular weight excluding hydrogens is 386 g/mol. The molecule has 3 aromatic heterocycles. The number of carboxylic acid groups (broad SMARTS) is 1. The minimum Gasteiger partial charge on any atom is -0.480 e. The molecule has 0 aliphatic carbocycles. The molecule has 4 aromatic rings. The first-order chi connectivity index (χ1) is 14.4. The molecule has 1 N–H and O–H groups in total. The van der Waals surface area contributed by atoms with E-state index in [9.17, 15) is 14.7 Å². The Kier molecular flexibility index (Phi) is 5.04. The zero-order chi connectivity index (χ0) is 21.4. The van der Waals surface area contributed by atoms with Crippen molar-refractivity contribution in [3.63, 3.8) is 0 Å². The molecule has 1 atom stereocenters. The summed E-state index contributed by atoms with van der Waals surface area (Å²) in [4.78, 5) is 24.7. The number of ether oxygens (including phenoxy) is 1. The van der Waals surface area contributed by atoms with Crippen molar-refractivity contribution < 1.29 is 14.6 Å². The Morgan fingerprint density at radius 2 is 1.90 bits per heavy atom. The largest absolute Gasteiger partial charge is 0.480 e. The van der Waals surface area contributed by atoms with E-state index < -0.39 is 17.6 Å². The number of aliphatic carboxylic acids is 1. The summed E-state index contributed by atoms with van der Waals surface area (Å²) in [6.07, 6.45) is 1.48. The van der Waals surface area contributed by atoms with Crippen molar-refractivity contribution in [3.05, 3.63) is 58.6 Å². The lowest BCUT2D eigenvalue weighted by Gasteiger charge is -2.19. The minimum absolute atomic E-state index is 0.0583. The average molecular weight is 407 g/mol. The maximum Gasteiger partial charge on any atom is 0.327 e. The zero-order valence-electron chi connectivity index (χ0n) is 16.8. The molecule has 154 valence electrons. The van der Waals surface area contributed by atoms with E-state index >= 15 is 0 Å². The summed E-state index contributed by atoms with van der Waals surface area (Å²) in [5, 5.41) is 22.6. The van der Waals surface area contributed by atoms with Gasteiger partial charge in [0.05, 0.1) is 17.9 Å². The van der Waals surface area contributed by atoms with E-state index in [1.54, 1.807) is 31.5 Å². The second kappa shape index (κ2) is 7.68. The van der Waals surface area contributed by atoms with Crippen LogP contribution in [-0.4, -0.2) is 42.6 Å². The number of carboxylic acids is 1. The highest BCUT2D eigenvalue weighted by atomic mass is 16.5. The third-order valence-electron chi connectivity index (χ3n) is 5.01. The van der Waals surface area contributed by atoms with Gasteiger partial charge in [-0.15, -0.1) is 10.2 Å². The SMILES string of the molecule is COCc1nn2c(nnc3c(=O)n([C@H](C(=O)O)C(C)C)ccc32)c1-c1ccccc1. The van der Waals surface area contributed by atoms with Gasteiger partial charge in [-0.3, -0.25) is 9.36 Å². The highest BCUT2D eigenvalue weighted by Gasteiger charge is 2.26. The van der Waals surface area contributed by atoms with Crippen LogP contribution in [0.1, 0.15) is 25.6 Å². The highest BCUT2D eigenvalue weighted by molar-refractivity contribution is 5.84. The van der Waals surface area contributed by atoms with E-state index in [1.165, 1.54) is 10.8 Å². The van der Waals surface area contributed by atoms with Gasteiger partial charge in [-0.25, -0.2) is 9.31 Å². The molecular formula is C21H21N5O4. The molecule has 0 aliphatic rings. The molecule has 4 rings (SSSR count). The van der Waals surface area contributed by atoms with Gasteiger partial charge in [-0.2, -0.15) is 5.10 Å². The number of rotatable bonds is 6. The first-order valence-electron chi connectivity index (χ1n) is 9.50. The minimum atomic E-state index is -1.08. The van der Waals surface area contributed by atoms with Crippen LogP contribution in [0, 0.1) is 5.92 Å². The van der Waals surface area contributed by atoms with Gasteiger partial charge in [0.25, 0.3) is 5.56 Å². The molecule has 0 aliphatic heterocycles. The number of hydrogen-bond donors (Lipinski definition) is 1. The Hall–Kier alpha value is -3.59. The van der Waals surface area contributed by atoms with E-state index in [4.69, 9.17) is 4.74 Å². The van der Waals surface area contributed by atoms with Gasteiger partial charge in [-0.1, -0.05) is 44.2 Å². The molecule has 0 spiro atoms. The Bertz CT molecular complexity index is 1290. The topological polar surface area (TPSA) is 112 Å². The van der Waals surface area contributed by atoms with Crippen LogP contribution in [-0.2, 0) is 16.1 Å². The lowest BCUT2D eigenvalue weighted by molar-refractivity contribution is -0.142. The third-order valence-corrected chi connectivity index (χ3v) is 5.01. The molecule has 0 saturated carbocycles. The van der Waals surface area contributed by atoms with Gasteiger partial charge in [0.2, 0.25) is 0 Å². The van der Waals surface area contributed by atoms with E-state index in [-0.39, 0.29) is 18.0 Å². The number of hydrogen-bond acceptors (Lipinski definition) is 6. The van der Waals surface area contributed by atoms with Gasteiger partial charge in [0.15, 0.2) is 11.2 Å². The van der Waals surface area contributed by atoms with Crippen LogP contribution < -0.4 is 5.56 Å². The Morgan fingerprint density at radius 3 is 2.53 bits per heavy atom. The lowest BCUT2D eigenvalue weighted by Crippen LogP contribution is -2.33. The van der Waals surface area contributed by atoms with Crippen molar-refractivity contribution >= 4 is 22.6 Å². The van der Waals surface area contributed by atoms with Gasteiger partial charge in [-0.05, 0) is 17.5 Å². The van der Waals surface area contributed by atoms with E-state index in [0.29, 0.717) is 16.9 Å². The van der Waals surface area contributed by atoms with Crippen LogP contribution in [0.2, 0.25) is 0 Å². The molecule has 30 heavy (non-hydrogen) atoms. The van der Waals surface area contributed by atoms with E-state index in [2.05, 4.69) is 15.3 Å². The number of methoxy groups -OCH3 is 1. The van der Waals surface area contributed by atoms with Crippen LogP contribution in [0.3, 0.4) is 0 Å². The molecule has 0 fully saturated rings. The monoisotopic (exact) mass is 407 g/mol. The molecule has 1 aromatic carbocycles. The second-order valence-electron chi connectivity index (χ2n) is 7.35. The summed E-state index contributed by atoms with van der Waals surface area (Å²) in [7, 11) is 1.58. The van der Waals surface area contributed by atoms with Gasteiger partial charge < -0.3 is 9.84 Å². The fourth-order valence-electron chi connectivity index (χ4n) is 3.69. The molecule has 0 bridgehead atoms. The summed E-state index contributed by atoms with van der Waals surface area (Å²) >= 11 is 0. The Morgan fingerprint density at radius 1 is 1.17 bits per heavy atom. The fraction of sp³-hybridized carbons (Fsp3) is 0.286. The zero-order valence-corrected chi connectivity index (χ0v) is 16.8. The van der Waals surface area contributed by atoms with Gasteiger partial charge >= 0.3 is 5.97 Å². The second-order valence-corrected chi connectivity index (χ2v) is 7.35. The van der Waals surface area contributed by atoms with E-state index in [0.717, 1.165) is 11.1 Å². The predicted octanol–water partition coefficient (Wildman–Crippen LogP) is 2.53. The number of benzene rings is 1. The smallest absolute Gasteiger partial charge is 0.327 e. The number of carbonyl (C=O) groups is 1. The number of aromatic nitrogens is 5. The summed E-state index contributed by atoms with van der Waals surface area (Å²) in [6, 6.07) is 10.3. The summed E-state index contributed by atoms with van der Waals surface area (Å²) in [5.41, 5.74) is 2.84. The summed E-state index contributed by atoms with van der Waals surface area (Å²) in [6.45, 7) is 3.77. The number of pyridine rings is 1. The molecule has 0 radical (unpaired) electrons. The van der Waals surface area contributed by atoms with Crippen molar-refractivity contribution in [2.24, 2.45) is 5.92 Å². The maximum absolute atomic E-state index is 13.0. The van der Waals surface area contributed by atoms with Crippen molar-refractivity contribution in [3.8, 4) is 11.1 Å². The molecule has 9 nitrogen and oxygen atoms in total. The Balaban J connectivity index is 2.00. The maximum atomic E-state index is 13.0. The average Bonchev–Trinajstić information content (AvgIpc) is 3.08. The molecule has 9 heteroatoms. The van der Waals surface area contributed by atoms with E-state index in [1.807, 2.05) is 30.3 Å². The van der Waals surface area contributed by atoms with Crippen LogP contribution in [0.4, 0.5) is 0 Å². The fourth-order valence-corrected chi connectivity index (χ4v) is 3.69. The molecule has 0 saturated heterocycles. The predicted molar refractivity (Wildman–Crippen MR) is 110 cm³/mol. The molecule has 3 heterocycles. The first kappa shape index (κ1) is 19.7. The van der Waals surface area contributed by atoms with Gasteiger partial charge in [0, 0.05) is 13.3 Å². The lowest BCUT2D eigenvalue weighted by atomic mass is 10.0. The quantitative estimate of drug-likeness (QED) is 0.523. The van der Waals surface area contributed by atoms with Crippen molar-refractivity contribution in [1.82, 2.24) is 24.4 Å². The van der Waals surface area contributed by atoms with Crippen LogP contribution in [0.5, 0.6) is 0 Å². The summed E-state index contributed by atoms with van der Waals surface area (Å²) in [5.74, 6) is -1.36. The number of fused-ring (bicyclic) bond motifs is 3. The standard InChI is InChI=1S/C21H21N5O4/c1-12(2)18(21(28)29)25-10-9-15-17(20(25)27)22-23-19-16(13-7-5-4-6-8-13)14(11-30-3)24-26(15)19/h4-10,12,18H,11H2,1-3H3,(H,28,29)/t18-/m0/s1. The summed E-state index contributed by atoms with van der Waals surface area (Å²) < 4.78 is 8.06. The normalized spacial score (nSPS) is 12.7.